The van der Waals surface area contributed by atoms with Crippen molar-refractivity contribution in [1.29, 1.82) is 0 Å². The van der Waals surface area contributed by atoms with Crippen LogP contribution < -0.4 is 25.4 Å². The largest absolute Gasteiger partial charge is 0.497 e. The van der Waals surface area contributed by atoms with E-state index in [4.69, 9.17) is 14.2 Å². The minimum Gasteiger partial charge on any atom is -0.497 e. The number of hydrogen-bond donors (Lipinski definition) is 4. The minimum absolute atomic E-state index is 0.00296. The third kappa shape index (κ3) is 5.99. The fourth-order valence-corrected chi connectivity index (χ4v) is 5.67. The summed E-state index contributed by atoms with van der Waals surface area (Å²) in [7, 11) is 1.59. The molecule has 9 heteroatoms. The van der Waals surface area contributed by atoms with Gasteiger partial charge in [0.15, 0.2) is 0 Å². The zero-order chi connectivity index (χ0) is 25.8. The molecule has 37 heavy (non-hydrogen) atoms. The van der Waals surface area contributed by atoms with Gasteiger partial charge in [0.1, 0.15) is 23.7 Å². The number of nitrogens with one attached hydrogen (secondary N) is 3. The van der Waals surface area contributed by atoms with Gasteiger partial charge in [-0.25, -0.2) is 4.79 Å². The molecule has 9 nitrogen and oxygen atoms in total. The first-order chi connectivity index (χ1) is 18.0. The number of aliphatic hydroxyl groups is 1. The summed E-state index contributed by atoms with van der Waals surface area (Å²) in [6, 6.07) is 12.5. The van der Waals surface area contributed by atoms with Crippen molar-refractivity contribution in [1.82, 2.24) is 5.32 Å². The molecule has 2 fully saturated rings. The van der Waals surface area contributed by atoms with Gasteiger partial charge in [-0.1, -0.05) is 19.3 Å². The molecule has 4 atom stereocenters. The predicted molar refractivity (Wildman–Crippen MR) is 139 cm³/mol. The number of benzene rings is 2. The lowest BCUT2D eigenvalue weighted by Crippen LogP contribution is -2.48. The van der Waals surface area contributed by atoms with Crippen LogP contribution in [-0.4, -0.2) is 55.1 Å². The Morgan fingerprint density at radius 3 is 2.49 bits per heavy atom. The minimum atomic E-state index is -0.520. The van der Waals surface area contributed by atoms with Crippen LogP contribution in [-0.2, 0) is 9.53 Å². The van der Waals surface area contributed by atoms with E-state index in [0.717, 1.165) is 31.2 Å². The summed E-state index contributed by atoms with van der Waals surface area (Å²) in [5, 5.41) is 18.8. The molecule has 0 unspecified atom stereocenters. The molecule has 5 rings (SSSR count). The zero-order valence-corrected chi connectivity index (χ0v) is 21.1. The Hall–Kier alpha value is -3.30. The van der Waals surface area contributed by atoms with Crippen molar-refractivity contribution in [3.63, 3.8) is 0 Å². The van der Waals surface area contributed by atoms with Crippen LogP contribution in [0, 0.1) is 0 Å². The molecule has 2 aromatic rings. The Labute approximate surface area is 216 Å². The van der Waals surface area contributed by atoms with Gasteiger partial charge in [0.05, 0.1) is 26.2 Å². The number of methoxy groups -OCH3 is 1. The van der Waals surface area contributed by atoms with Gasteiger partial charge in [-0.15, -0.1) is 0 Å². The van der Waals surface area contributed by atoms with E-state index in [0.29, 0.717) is 29.3 Å². The Morgan fingerprint density at radius 1 is 1.03 bits per heavy atom. The Morgan fingerprint density at radius 2 is 1.76 bits per heavy atom. The molecule has 4 N–H and O–H groups in total. The maximum Gasteiger partial charge on any atom is 0.323 e. The van der Waals surface area contributed by atoms with Crippen molar-refractivity contribution in [2.75, 3.05) is 24.4 Å². The Bertz CT molecular complexity index is 1100. The van der Waals surface area contributed by atoms with Crippen LogP contribution in [0.4, 0.5) is 16.2 Å². The van der Waals surface area contributed by atoms with Gasteiger partial charge in [-0.3, -0.25) is 4.79 Å². The number of amides is 3. The van der Waals surface area contributed by atoms with E-state index in [1.54, 1.807) is 37.4 Å². The van der Waals surface area contributed by atoms with Gasteiger partial charge in [-0.05, 0) is 61.7 Å². The number of rotatable bonds is 7. The van der Waals surface area contributed by atoms with Crippen molar-refractivity contribution in [3.05, 3.63) is 48.0 Å². The highest BCUT2D eigenvalue weighted by atomic mass is 16.6. The second-order valence-corrected chi connectivity index (χ2v) is 10.1. The molecular weight excluding hydrogens is 474 g/mol. The van der Waals surface area contributed by atoms with Gasteiger partial charge in [0.25, 0.3) is 0 Å². The molecule has 2 heterocycles. The second-order valence-electron chi connectivity index (χ2n) is 10.1. The van der Waals surface area contributed by atoms with Gasteiger partial charge in [0.2, 0.25) is 5.91 Å². The van der Waals surface area contributed by atoms with Gasteiger partial charge in [0, 0.05) is 28.9 Å². The molecule has 1 saturated carbocycles. The van der Waals surface area contributed by atoms with Gasteiger partial charge >= 0.3 is 6.03 Å². The van der Waals surface area contributed by atoms with Crippen LogP contribution in [0.2, 0.25) is 0 Å². The zero-order valence-electron chi connectivity index (χ0n) is 21.1. The lowest BCUT2D eigenvalue weighted by Gasteiger charge is -2.37. The fourth-order valence-electron chi connectivity index (χ4n) is 5.67. The average molecular weight is 510 g/mol. The van der Waals surface area contributed by atoms with Crippen molar-refractivity contribution < 1.29 is 28.9 Å². The molecule has 2 aliphatic heterocycles. The average Bonchev–Trinajstić information content (AvgIpc) is 3.27. The summed E-state index contributed by atoms with van der Waals surface area (Å²) in [5.74, 6) is 1.38. The molecule has 0 radical (unpaired) electrons. The van der Waals surface area contributed by atoms with E-state index in [1.165, 1.54) is 6.42 Å². The van der Waals surface area contributed by atoms with Crippen molar-refractivity contribution >= 4 is 23.3 Å². The number of urea groups is 1. The highest BCUT2D eigenvalue weighted by Gasteiger charge is 2.46. The lowest BCUT2D eigenvalue weighted by molar-refractivity contribution is -0.142. The van der Waals surface area contributed by atoms with Crippen molar-refractivity contribution in [2.24, 2.45) is 0 Å². The van der Waals surface area contributed by atoms with Crippen molar-refractivity contribution in [3.8, 4) is 11.5 Å². The number of fused-ring (bicyclic) bond motifs is 3. The summed E-state index contributed by atoms with van der Waals surface area (Å²) in [6.07, 6.45) is 5.31. The van der Waals surface area contributed by atoms with Crippen LogP contribution >= 0.6 is 0 Å². The third-order valence-electron chi connectivity index (χ3n) is 7.49. The summed E-state index contributed by atoms with van der Waals surface area (Å²) in [4.78, 5) is 25.3. The fraction of sp³-hybridized carbons (Fsp3) is 0.500. The molecule has 2 aromatic carbocycles. The first-order valence-corrected chi connectivity index (χ1v) is 13.1. The molecule has 3 aliphatic rings. The van der Waals surface area contributed by atoms with E-state index in [9.17, 15) is 14.7 Å². The van der Waals surface area contributed by atoms with E-state index in [-0.39, 0.29) is 49.1 Å². The quantitative estimate of drug-likeness (QED) is 0.445. The smallest absolute Gasteiger partial charge is 0.323 e. The van der Waals surface area contributed by atoms with Crippen LogP contribution in [0.25, 0.3) is 0 Å². The molecule has 0 aromatic heterocycles. The molecule has 0 spiro atoms. The van der Waals surface area contributed by atoms with Crippen LogP contribution in [0.1, 0.15) is 56.4 Å². The normalized spacial score (nSPS) is 24.8. The number of carbonyl (C=O) groups excluding carboxylic acids is 2. The molecule has 1 saturated heterocycles. The van der Waals surface area contributed by atoms with Crippen LogP contribution in [0.3, 0.4) is 0 Å². The number of ether oxygens (including phenoxy) is 3. The molecule has 3 amide bonds. The number of carbonyl (C=O) groups is 2. The summed E-state index contributed by atoms with van der Waals surface area (Å²) in [6.45, 7) is -0.189. The molecular formula is C28H35N3O6. The first-order valence-electron chi connectivity index (χ1n) is 13.1. The maximum absolute atomic E-state index is 12.7. The Kier molecular flexibility index (Phi) is 7.81. The van der Waals surface area contributed by atoms with Crippen LogP contribution in [0.15, 0.2) is 42.5 Å². The Balaban J connectivity index is 1.23. The van der Waals surface area contributed by atoms with E-state index in [2.05, 4.69) is 16.0 Å². The first kappa shape index (κ1) is 25.4. The van der Waals surface area contributed by atoms with Crippen molar-refractivity contribution in [2.45, 2.75) is 75.2 Å². The number of aliphatic hydroxyl groups excluding tert-OH is 1. The predicted octanol–water partition coefficient (Wildman–Crippen LogP) is 4.17. The maximum atomic E-state index is 12.7. The standard InChI is InChI=1S/C28H35N3O6/c1-35-20-10-7-18(8-11-20)30-28(34)31-19-9-12-24-22(13-19)23-14-21(36-25(16-32)27(23)37-24)15-26(33)29-17-5-3-2-4-6-17/h7-13,17,21,23,25,27,32H,2-6,14-16H2,1H3,(H,29,33)(H2,30,31,34)/t21-,23-,25-,27+/m1/s1. The van der Waals surface area contributed by atoms with Crippen LogP contribution in [0.5, 0.6) is 11.5 Å². The second kappa shape index (κ2) is 11.4. The monoisotopic (exact) mass is 509 g/mol. The summed E-state index contributed by atoms with van der Waals surface area (Å²) in [5.41, 5.74) is 2.23. The van der Waals surface area contributed by atoms with Gasteiger partial charge < -0.3 is 35.3 Å². The number of anilines is 2. The van der Waals surface area contributed by atoms with E-state index >= 15 is 0 Å². The summed E-state index contributed by atoms with van der Waals surface area (Å²) >= 11 is 0. The summed E-state index contributed by atoms with van der Waals surface area (Å²) < 4.78 is 17.4. The van der Waals surface area contributed by atoms with Gasteiger partial charge in [-0.2, -0.15) is 0 Å². The topological polar surface area (TPSA) is 118 Å². The van der Waals surface area contributed by atoms with E-state index < -0.39 is 6.10 Å². The number of hydrogen-bond acceptors (Lipinski definition) is 6. The lowest BCUT2D eigenvalue weighted by atomic mass is 9.84. The third-order valence-corrected chi connectivity index (χ3v) is 7.49. The molecule has 0 bridgehead atoms. The highest BCUT2D eigenvalue weighted by molar-refractivity contribution is 5.99. The molecule has 198 valence electrons. The highest BCUT2D eigenvalue weighted by Crippen LogP contribution is 2.47. The SMILES string of the molecule is COc1ccc(NC(=O)Nc2ccc3c(c2)[C@H]2C[C@H](CC(=O)NC4CCCCC4)O[C@H](CO)[C@H]2O3)cc1. The van der Waals surface area contributed by atoms with E-state index in [1.807, 2.05) is 12.1 Å². The molecule has 1 aliphatic carbocycles.